The van der Waals surface area contributed by atoms with Crippen LogP contribution in [-0.4, -0.2) is 47.3 Å². The molecule has 1 atom stereocenters. The number of halogens is 1. The summed E-state index contributed by atoms with van der Waals surface area (Å²) in [5.41, 5.74) is -0.713. The standard InChI is InChI=1S/C14H23N5O2.ClH/c1-3-16-12(20)11(2)18-13(21)14(5-8-15-9-6-14)19-10-4-7-17-19;/h4,7,10-11,15H,3,5-6,8-9H2,1-2H3,(H,16,20)(H,18,21);1H. The Labute approximate surface area is 136 Å². The van der Waals surface area contributed by atoms with Gasteiger partial charge < -0.3 is 16.0 Å². The zero-order valence-corrected chi connectivity index (χ0v) is 13.8. The van der Waals surface area contributed by atoms with E-state index in [9.17, 15) is 9.59 Å². The molecular weight excluding hydrogens is 306 g/mol. The molecule has 3 N–H and O–H groups in total. The first-order valence-electron chi connectivity index (χ1n) is 7.39. The summed E-state index contributed by atoms with van der Waals surface area (Å²) < 4.78 is 1.72. The molecule has 124 valence electrons. The Hall–Kier alpha value is -1.60. The fraction of sp³-hybridized carbons (Fsp3) is 0.643. The van der Waals surface area contributed by atoms with Gasteiger partial charge >= 0.3 is 0 Å². The Morgan fingerprint density at radius 2 is 2.09 bits per heavy atom. The topological polar surface area (TPSA) is 88.1 Å². The van der Waals surface area contributed by atoms with Crippen LogP contribution >= 0.6 is 12.4 Å². The first-order valence-corrected chi connectivity index (χ1v) is 7.39. The van der Waals surface area contributed by atoms with Crippen LogP contribution in [-0.2, 0) is 15.1 Å². The van der Waals surface area contributed by atoms with Crippen LogP contribution in [0, 0.1) is 0 Å². The minimum Gasteiger partial charge on any atom is -0.355 e. The van der Waals surface area contributed by atoms with Gasteiger partial charge in [0.1, 0.15) is 11.6 Å². The van der Waals surface area contributed by atoms with Gasteiger partial charge in [0, 0.05) is 18.9 Å². The van der Waals surface area contributed by atoms with Crippen LogP contribution in [0.2, 0.25) is 0 Å². The molecule has 8 heteroatoms. The van der Waals surface area contributed by atoms with Crippen molar-refractivity contribution in [3.63, 3.8) is 0 Å². The molecule has 1 aliphatic heterocycles. The molecule has 1 aromatic rings. The van der Waals surface area contributed by atoms with Gasteiger partial charge in [0.15, 0.2) is 0 Å². The minimum absolute atomic E-state index is 0. The highest BCUT2D eigenvalue weighted by Gasteiger charge is 2.42. The number of hydrogen-bond acceptors (Lipinski definition) is 4. The summed E-state index contributed by atoms with van der Waals surface area (Å²) in [4.78, 5) is 24.5. The van der Waals surface area contributed by atoms with E-state index >= 15 is 0 Å². The fourth-order valence-electron chi connectivity index (χ4n) is 2.65. The van der Waals surface area contributed by atoms with Crippen LogP contribution in [0.1, 0.15) is 26.7 Å². The second-order valence-corrected chi connectivity index (χ2v) is 5.32. The van der Waals surface area contributed by atoms with E-state index < -0.39 is 11.6 Å². The Morgan fingerprint density at radius 1 is 1.41 bits per heavy atom. The largest absolute Gasteiger partial charge is 0.355 e. The van der Waals surface area contributed by atoms with E-state index in [4.69, 9.17) is 0 Å². The summed E-state index contributed by atoms with van der Waals surface area (Å²) in [6, 6.07) is 1.25. The summed E-state index contributed by atoms with van der Waals surface area (Å²) in [7, 11) is 0. The zero-order chi connectivity index (χ0) is 15.3. The van der Waals surface area contributed by atoms with Crippen molar-refractivity contribution in [1.29, 1.82) is 0 Å². The van der Waals surface area contributed by atoms with Crippen LogP contribution in [0.3, 0.4) is 0 Å². The van der Waals surface area contributed by atoms with Crippen molar-refractivity contribution in [3.05, 3.63) is 18.5 Å². The maximum atomic E-state index is 12.8. The van der Waals surface area contributed by atoms with Crippen molar-refractivity contribution < 1.29 is 9.59 Å². The Bertz CT molecular complexity index is 485. The maximum Gasteiger partial charge on any atom is 0.248 e. The quantitative estimate of drug-likeness (QED) is 0.711. The van der Waals surface area contributed by atoms with Crippen LogP contribution in [0.4, 0.5) is 0 Å². The van der Waals surface area contributed by atoms with E-state index in [-0.39, 0.29) is 24.2 Å². The van der Waals surface area contributed by atoms with E-state index in [0.29, 0.717) is 19.4 Å². The average Bonchev–Trinajstić information content (AvgIpc) is 3.02. The lowest BCUT2D eigenvalue weighted by Crippen LogP contribution is -2.58. The summed E-state index contributed by atoms with van der Waals surface area (Å²) in [6.45, 7) is 5.60. The molecule has 0 spiro atoms. The molecule has 2 heterocycles. The highest BCUT2D eigenvalue weighted by molar-refractivity contribution is 5.90. The van der Waals surface area contributed by atoms with E-state index in [1.165, 1.54) is 0 Å². The lowest BCUT2D eigenvalue weighted by molar-refractivity contribution is -0.135. The van der Waals surface area contributed by atoms with Crippen molar-refractivity contribution in [3.8, 4) is 0 Å². The van der Waals surface area contributed by atoms with Crippen LogP contribution in [0.25, 0.3) is 0 Å². The average molecular weight is 330 g/mol. The van der Waals surface area contributed by atoms with Crippen LogP contribution in [0.5, 0.6) is 0 Å². The molecule has 7 nitrogen and oxygen atoms in total. The number of nitrogens with one attached hydrogen (secondary N) is 3. The van der Waals surface area contributed by atoms with E-state index in [1.807, 2.05) is 19.2 Å². The summed E-state index contributed by atoms with van der Waals surface area (Å²) in [5.74, 6) is -0.318. The van der Waals surface area contributed by atoms with Crippen molar-refractivity contribution in [1.82, 2.24) is 25.7 Å². The van der Waals surface area contributed by atoms with E-state index in [0.717, 1.165) is 13.1 Å². The molecule has 0 bridgehead atoms. The molecule has 1 aromatic heterocycles. The van der Waals surface area contributed by atoms with Gasteiger partial charge in [0.05, 0.1) is 0 Å². The van der Waals surface area contributed by atoms with Gasteiger partial charge in [-0.3, -0.25) is 14.3 Å². The minimum atomic E-state index is -0.713. The molecular formula is C14H24ClN5O2. The van der Waals surface area contributed by atoms with Crippen molar-refractivity contribution in [2.45, 2.75) is 38.3 Å². The Kier molecular flexibility index (Phi) is 6.83. The van der Waals surface area contributed by atoms with Crippen LogP contribution < -0.4 is 16.0 Å². The number of nitrogens with zero attached hydrogens (tertiary/aromatic N) is 2. The molecule has 2 amide bonds. The zero-order valence-electron chi connectivity index (χ0n) is 13.0. The molecule has 1 unspecified atom stereocenters. The highest BCUT2D eigenvalue weighted by atomic mass is 35.5. The number of hydrogen-bond donors (Lipinski definition) is 3. The predicted octanol–water partition coefficient (Wildman–Crippen LogP) is 0.0244. The smallest absolute Gasteiger partial charge is 0.248 e. The van der Waals surface area contributed by atoms with Gasteiger partial charge in [-0.2, -0.15) is 5.10 Å². The molecule has 1 saturated heterocycles. The normalized spacial score (nSPS) is 17.9. The van der Waals surface area contributed by atoms with Crippen molar-refractivity contribution in [2.24, 2.45) is 0 Å². The second-order valence-electron chi connectivity index (χ2n) is 5.32. The first-order chi connectivity index (χ1) is 10.1. The maximum absolute atomic E-state index is 12.8. The fourth-order valence-corrected chi connectivity index (χ4v) is 2.65. The summed E-state index contributed by atoms with van der Waals surface area (Å²) >= 11 is 0. The third-order valence-electron chi connectivity index (χ3n) is 3.89. The monoisotopic (exact) mass is 329 g/mol. The first kappa shape index (κ1) is 18.4. The lowest BCUT2D eigenvalue weighted by Gasteiger charge is -2.37. The van der Waals surface area contributed by atoms with Gasteiger partial charge in [0.25, 0.3) is 0 Å². The number of piperidine rings is 1. The molecule has 2 rings (SSSR count). The number of carbonyl (C=O) groups excluding carboxylic acids is 2. The third-order valence-corrected chi connectivity index (χ3v) is 3.89. The van der Waals surface area contributed by atoms with Gasteiger partial charge in [-0.1, -0.05) is 0 Å². The molecule has 1 aliphatic rings. The SMILES string of the molecule is CCNC(=O)C(C)NC(=O)C1(n2cccn2)CCNCC1.Cl. The molecule has 0 saturated carbocycles. The molecule has 22 heavy (non-hydrogen) atoms. The number of aromatic nitrogens is 2. The van der Waals surface area contributed by atoms with Gasteiger partial charge in [-0.25, -0.2) is 0 Å². The van der Waals surface area contributed by atoms with Gasteiger partial charge in [0.2, 0.25) is 11.8 Å². The Morgan fingerprint density at radius 3 is 2.64 bits per heavy atom. The number of likely N-dealkylation sites (N-methyl/N-ethyl adjacent to an activating group) is 1. The number of carbonyl (C=O) groups is 2. The Balaban J connectivity index is 0.00000242. The highest BCUT2D eigenvalue weighted by Crippen LogP contribution is 2.27. The van der Waals surface area contributed by atoms with Crippen molar-refractivity contribution in [2.75, 3.05) is 19.6 Å². The molecule has 1 fully saturated rings. The summed E-state index contributed by atoms with van der Waals surface area (Å²) in [5, 5.41) is 13.0. The number of rotatable bonds is 5. The van der Waals surface area contributed by atoms with E-state index in [1.54, 1.807) is 17.8 Å². The van der Waals surface area contributed by atoms with E-state index in [2.05, 4.69) is 21.0 Å². The number of amides is 2. The predicted molar refractivity (Wildman–Crippen MR) is 85.8 cm³/mol. The lowest BCUT2D eigenvalue weighted by atomic mass is 9.87. The molecule has 0 aliphatic carbocycles. The molecule has 0 aromatic carbocycles. The van der Waals surface area contributed by atoms with Gasteiger partial charge in [-0.15, -0.1) is 12.4 Å². The van der Waals surface area contributed by atoms with Crippen molar-refractivity contribution >= 4 is 24.2 Å². The van der Waals surface area contributed by atoms with Crippen LogP contribution in [0.15, 0.2) is 18.5 Å². The van der Waals surface area contributed by atoms with Gasteiger partial charge in [-0.05, 0) is 45.8 Å². The summed E-state index contributed by atoms with van der Waals surface area (Å²) in [6.07, 6.45) is 4.79. The third kappa shape index (κ3) is 3.78. The molecule has 0 radical (unpaired) electrons. The second kappa shape index (κ2) is 8.14.